The summed E-state index contributed by atoms with van der Waals surface area (Å²) in [5, 5.41) is 6.89. The number of hydrogen-bond acceptors (Lipinski definition) is 5. The van der Waals surface area contributed by atoms with Crippen molar-refractivity contribution in [2.24, 2.45) is 7.05 Å². The third-order valence-electron chi connectivity index (χ3n) is 5.90. The largest absolute Gasteiger partial charge is 0.354 e. The van der Waals surface area contributed by atoms with E-state index in [1.807, 2.05) is 37.9 Å². The average molecular weight is 433 g/mol. The van der Waals surface area contributed by atoms with Gasteiger partial charge in [-0.25, -0.2) is 0 Å². The van der Waals surface area contributed by atoms with Gasteiger partial charge in [0, 0.05) is 62.4 Å². The van der Waals surface area contributed by atoms with Crippen LogP contribution in [0.25, 0.3) is 11.1 Å². The zero-order chi connectivity index (χ0) is 22.8. The van der Waals surface area contributed by atoms with Gasteiger partial charge in [-0.15, -0.1) is 0 Å². The molecule has 0 spiro atoms. The van der Waals surface area contributed by atoms with Crippen molar-refractivity contribution >= 4 is 11.8 Å². The fourth-order valence-electron chi connectivity index (χ4n) is 4.28. The predicted octanol–water partition coefficient (Wildman–Crippen LogP) is 2.87. The summed E-state index contributed by atoms with van der Waals surface area (Å²) in [7, 11) is 3.42. The maximum absolute atomic E-state index is 13.1. The van der Waals surface area contributed by atoms with Gasteiger partial charge in [-0.2, -0.15) is 5.10 Å². The molecule has 2 amide bonds. The molecule has 0 aliphatic carbocycles. The quantitative estimate of drug-likeness (QED) is 0.684. The van der Waals surface area contributed by atoms with Crippen molar-refractivity contribution in [1.29, 1.82) is 0 Å². The summed E-state index contributed by atoms with van der Waals surface area (Å²) in [4.78, 5) is 35.8. The summed E-state index contributed by atoms with van der Waals surface area (Å²) in [5.74, 6) is -0.0115. The second kappa shape index (κ2) is 8.90. The Balaban J connectivity index is 1.57. The van der Waals surface area contributed by atoms with E-state index in [0.717, 1.165) is 47.6 Å². The van der Waals surface area contributed by atoms with Crippen LogP contribution in [0, 0.1) is 13.8 Å². The molecule has 1 atom stereocenters. The molecule has 4 heterocycles. The van der Waals surface area contributed by atoms with E-state index in [0.29, 0.717) is 17.8 Å². The Hall–Kier alpha value is -3.55. The minimum absolute atomic E-state index is 0.0298. The Morgan fingerprint density at radius 3 is 2.62 bits per heavy atom. The summed E-state index contributed by atoms with van der Waals surface area (Å²) in [6, 6.07) is 7.72. The SMILES string of the molecule is CNC(=O)c1ccc(-c2cc(C)nc([C@@H]3CCCN(C(=O)c4cn(C)nc4C)C3)c2)cn1. The van der Waals surface area contributed by atoms with Crippen molar-refractivity contribution in [2.75, 3.05) is 20.1 Å². The number of carbonyl (C=O) groups excluding carboxylic acids is 2. The molecule has 166 valence electrons. The minimum atomic E-state index is -0.209. The lowest BCUT2D eigenvalue weighted by atomic mass is 9.92. The summed E-state index contributed by atoms with van der Waals surface area (Å²) in [6.07, 6.45) is 5.42. The molecular formula is C24H28N6O2. The number of carbonyl (C=O) groups is 2. The van der Waals surface area contributed by atoms with Crippen LogP contribution in [-0.4, -0.2) is 56.6 Å². The highest BCUT2D eigenvalue weighted by molar-refractivity contribution is 5.95. The molecule has 1 fully saturated rings. The van der Waals surface area contributed by atoms with E-state index >= 15 is 0 Å². The van der Waals surface area contributed by atoms with Crippen LogP contribution < -0.4 is 5.32 Å². The van der Waals surface area contributed by atoms with Crippen LogP contribution in [0.4, 0.5) is 0 Å². The molecule has 3 aromatic heterocycles. The number of likely N-dealkylation sites (tertiary alicyclic amines) is 1. The van der Waals surface area contributed by atoms with Gasteiger partial charge in [0.15, 0.2) is 0 Å². The molecule has 8 nitrogen and oxygen atoms in total. The van der Waals surface area contributed by atoms with Crippen LogP contribution in [-0.2, 0) is 7.05 Å². The molecule has 1 N–H and O–H groups in total. The van der Waals surface area contributed by atoms with Gasteiger partial charge in [0.2, 0.25) is 0 Å². The molecule has 4 rings (SSSR count). The van der Waals surface area contributed by atoms with E-state index in [-0.39, 0.29) is 17.7 Å². The van der Waals surface area contributed by atoms with Gasteiger partial charge in [-0.05, 0) is 50.5 Å². The molecule has 1 saturated heterocycles. The fourth-order valence-corrected chi connectivity index (χ4v) is 4.28. The van der Waals surface area contributed by atoms with Crippen molar-refractivity contribution in [1.82, 2.24) is 30.0 Å². The van der Waals surface area contributed by atoms with Crippen molar-refractivity contribution in [2.45, 2.75) is 32.6 Å². The third kappa shape index (κ3) is 4.39. The van der Waals surface area contributed by atoms with Crippen LogP contribution in [0.15, 0.2) is 36.7 Å². The van der Waals surface area contributed by atoms with Gasteiger partial charge in [0.25, 0.3) is 11.8 Å². The highest BCUT2D eigenvalue weighted by atomic mass is 16.2. The lowest BCUT2D eigenvalue weighted by molar-refractivity contribution is 0.0705. The Morgan fingerprint density at radius 2 is 1.97 bits per heavy atom. The summed E-state index contributed by atoms with van der Waals surface area (Å²) in [5.41, 5.74) is 5.63. The Kier molecular flexibility index (Phi) is 6.03. The smallest absolute Gasteiger partial charge is 0.269 e. The maximum atomic E-state index is 13.1. The van der Waals surface area contributed by atoms with E-state index in [1.165, 1.54) is 0 Å². The van der Waals surface area contributed by atoms with Gasteiger partial charge < -0.3 is 10.2 Å². The molecule has 0 unspecified atom stereocenters. The Morgan fingerprint density at radius 1 is 1.16 bits per heavy atom. The van der Waals surface area contributed by atoms with Gasteiger partial charge >= 0.3 is 0 Å². The topological polar surface area (TPSA) is 93.0 Å². The molecular weight excluding hydrogens is 404 g/mol. The first-order valence-electron chi connectivity index (χ1n) is 10.8. The number of nitrogens with zero attached hydrogens (tertiary/aromatic N) is 5. The lowest BCUT2D eigenvalue weighted by Crippen LogP contribution is -2.39. The summed E-state index contributed by atoms with van der Waals surface area (Å²) >= 11 is 0. The number of nitrogens with one attached hydrogen (secondary N) is 1. The van der Waals surface area contributed by atoms with Gasteiger partial charge in [-0.3, -0.25) is 24.2 Å². The first-order chi connectivity index (χ1) is 15.4. The van der Waals surface area contributed by atoms with E-state index < -0.39 is 0 Å². The number of hydrogen-bond donors (Lipinski definition) is 1. The highest BCUT2D eigenvalue weighted by Crippen LogP contribution is 2.30. The van der Waals surface area contributed by atoms with Crippen molar-refractivity contribution in [3.05, 3.63) is 65.0 Å². The first-order valence-corrected chi connectivity index (χ1v) is 10.8. The van der Waals surface area contributed by atoms with Crippen LogP contribution in [0.2, 0.25) is 0 Å². The number of aryl methyl sites for hydroxylation is 3. The second-order valence-corrected chi connectivity index (χ2v) is 8.33. The Labute approximate surface area is 187 Å². The van der Waals surface area contributed by atoms with Crippen LogP contribution in [0.1, 0.15) is 56.7 Å². The lowest BCUT2D eigenvalue weighted by Gasteiger charge is -2.32. The van der Waals surface area contributed by atoms with Crippen molar-refractivity contribution < 1.29 is 9.59 Å². The van der Waals surface area contributed by atoms with Crippen LogP contribution in [0.5, 0.6) is 0 Å². The van der Waals surface area contributed by atoms with E-state index in [9.17, 15) is 9.59 Å². The second-order valence-electron chi connectivity index (χ2n) is 8.33. The standard InChI is InChI=1S/C24H28N6O2/c1-15-10-19(17-7-8-21(26-12-17)23(31)25-3)11-22(27-15)18-6-5-9-30(13-18)24(32)20-14-29(4)28-16(20)2/h7-8,10-12,14,18H,5-6,9,13H2,1-4H3,(H,25,31)/t18-/m1/s1. The molecule has 1 aliphatic heterocycles. The molecule has 0 radical (unpaired) electrons. The predicted molar refractivity (Wildman–Crippen MR) is 121 cm³/mol. The minimum Gasteiger partial charge on any atom is -0.354 e. The molecule has 0 bridgehead atoms. The van der Waals surface area contributed by atoms with Crippen LogP contribution >= 0.6 is 0 Å². The van der Waals surface area contributed by atoms with Crippen LogP contribution in [0.3, 0.4) is 0 Å². The zero-order valence-corrected chi connectivity index (χ0v) is 18.9. The number of aromatic nitrogens is 4. The molecule has 1 aliphatic rings. The zero-order valence-electron chi connectivity index (χ0n) is 18.9. The Bertz CT molecular complexity index is 1150. The molecule has 3 aromatic rings. The summed E-state index contributed by atoms with van der Waals surface area (Å²) in [6.45, 7) is 5.22. The van der Waals surface area contributed by atoms with Gasteiger partial charge in [0.1, 0.15) is 5.69 Å². The molecule has 0 aromatic carbocycles. The van der Waals surface area contributed by atoms with Gasteiger partial charge in [-0.1, -0.05) is 6.07 Å². The normalized spacial score (nSPS) is 16.1. The highest BCUT2D eigenvalue weighted by Gasteiger charge is 2.28. The van der Waals surface area contributed by atoms with Crippen molar-refractivity contribution in [3.63, 3.8) is 0 Å². The van der Waals surface area contributed by atoms with Gasteiger partial charge in [0.05, 0.1) is 11.3 Å². The molecule has 8 heteroatoms. The van der Waals surface area contributed by atoms with E-state index in [4.69, 9.17) is 4.98 Å². The fraction of sp³-hybridized carbons (Fsp3) is 0.375. The monoisotopic (exact) mass is 432 g/mol. The number of pyridine rings is 2. The number of piperidine rings is 1. The van der Waals surface area contributed by atoms with Crippen molar-refractivity contribution in [3.8, 4) is 11.1 Å². The first kappa shape index (κ1) is 21.7. The number of rotatable bonds is 4. The number of amides is 2. The molecule has 0 saturated carbocycles. The van der Waals surface area contributed by atoms with E-state index in [2.05, 4.69) is 21.5 Å². The molecule has 32 heavy (non-hydrogen) atoms. The third-order valence-corrected chi connectivity index (χ3v) is 5.90. The maximum Gasteiger partial charge on any atom is 0.269 e. The van der Waals surface area contributed by atoms with E-state index in [1.54, 1.807) is 30.2 Å². The summed E-state index contributed by atoms with van der Waals surface area (Å²) < 4.78 is 1.68. The average Bonchev–Trinajstić information content (AvgIpc) is 3.15.